The Balaban J connectivity index is 2.87. The van der Waals surface area contributed by atoms with Crippen molar-refractivity contribution in [3.05, 3.63) is 34.9 Å². The van der Waals surface area contributed by atoms with Crippen LogP contribution in [0.25, 0.3) is 0 Å². The van der Waals surface area contributed by atoms with Gasteiger partial charge in [-0.15, -0.1) is 0 Å². The molecule has 2 radical (unpaired) electrons. The molecule has 82 valence electrons. The van der Waals surface area contributed by atoms with E-state index >= 15 is 0 Å². The molecule has 0 N–H and O–H groups in total. The second kappa shape index (κ2) is 6.66. The van der Waals surface area contributed by atoms with Gasteiger partial charge in [0.1, 0.15) is 0 Å². The van der Waals surface area contributed by atoms with Gasteiger partial charge in [0.25, 0.3) is 0 Å². The number of hydrogen-bond donors (Lipinski definition) is 0. The molecular formula is C15H22. The summed E-state index contributed by atoms with van der Waals surface area (Å²) in [6.07, 6.45) is 7.05. The van der Waals surface area contributed by atoms with Gasteiger partial charge >= 0.3 is 0 Å². The van der Waals surface area contributed by atoms with E-state index in [1.807, 2.05) is 0 Å². The van der Waals surface area contributed by atoms with Crippen molar-refractivity contribution < 1.29 is 0 Å². The van der Waals surface area contributed by atoms with E-state index < -0.39 is 0 Å². The predicted octanol–water partition coefficient (Wildman–Crippen LogP) is 4.14. The van der Waals surface area contributed by atoms with Crippen LogP contribution in [0, 0.1) is 12.1 Å². The molecule has 0 nitrogen and oxygen atoms in total. The van der Waals surface area contributed by atoms with Crippen molar-refractivity contribution in [3.8, 4) is 0 Å². The molecule has 0 atom stereocenters. The normalized spacial score (nSPS) is 10.6. The average Bonchev–Trinajstić information content (AvgIpc) is 2.23. The lowest BCUT2D eigenvalue weighted by Gasteiger charge is -2.09. The summed E-state index contributed by atoms with van der Waals surface area (Å²) in [5, 5.41) is 0. The van der Waals surface area contributed by atoms with Crippen LogP contribution >= 0.6 is 0 Å². The van der Waals surface area contributed by atoms with Crippen molar-refractivity contribution in [3.63, 3.8) is 0 Å². The van der Waals surface area contributed by atoms with Gasteiger partial charge in [-0.3, -0.25) is 0 Å². The second-order valence-electron chi connectivity index (χ2n) is 4.15. The first-order valence-corrected chi connectivity index (χ1v) is 6.26. The molecule has 0 aromatic heterocycles. The highest BCUT2D eigenvalue weighted by molar-refractivity contribution is 5.30. The van der Waals surface area contributed by atoms with Crippen LogP contribution in [0.4, 0.5) is 0 Å². The quantitative estimate of drug-likeness (QED) is 0.650. The Labute approximate surface area is 94.7 Å². The molecule has 0 saturated heterocycles. The van der Waals surface area contributed by atoms with Crippen LogP contribution in [0.3, 0.4) is 0 Å². The molecule has 1 aromatic carbocycles. The zero-order valence-corrected chi connectivity index (χ0v) is 10.3. The maximum Gasteiger partial charge on any atom is -0.0111 e. The zero-order chi connectivity index (χ0) is 11.1. The van der Waals surface area contributed by atoms with Gasteiger partial charge in [0.05, 0.1) is 0 Å². The minimum atomic E-state index is 1.14. The van der Waals surface area contributed by atoms with E-state index in [9.17, 15) is 0 Å². The highest BCUT2D eigenvalue weighted by Crippen LogP contribution is 2.15. The summed E-state index contributed by atoms with van der Waals surface area (Å²) in [6, 6.07) is 9.15. The molecule has 0 unspecified atom stereocenters. The Morgan fingerprint density at radius 1 is 0.867 bits per heavy atom. The summed E-state index contributed by atoms with van der Waals surface area (Å²) in [5.74, 6) is 0. The van der Waals surface area contributed by atoms with Crippen LogP contribution in [-0.4, -0.2) is 0 Å². The molecule has 0 heteroatoms. The van der Waals surface area contributed by atoms with E-state index in [2.05, 4.69) is 39.0 Å². The van der Waals surface area contributed by atoms with Gasteiger partial charge in [-0.1, -0.05) is 46.1 Å². The van der Waals surface area contributed by atoms with Gasteiger partial charge in [-0.2, -0.15) is 0 Å². The van der Waals surface area contributed by atoms with Gasteiger partial charge in [-0.05, 0) is 48.1 Å². The lowest BCUT2D eigenvalue weighted by atomic mass is 9.96. The van der Waals surface area contributed by atoms with Crippen molar-refractivity contribution in [1.29, 1.82) is 0 Å². The largest absolute Gasteiger partial charge is 0.0651 e. The van der Waals surface area contributed by atoms with Crippen molar-refractivity contribution >= 4 is 0 Å². The first-order valence-electron chi connectivity index (χ1n) is 6.26. The molecule has 1 aromatic rings. The smallest absolute Gasteiger partial charge is 0.0111 e. The minimum absolute atomic E-state index is 1.14. The van der Waals surface area contributed by atoms with E-state index in [0.717, 1.165) is 19.3 Å². The third-order valence-electron chi connectivity index (χ3n) is 2.62. The summed E-state index contributed by atoms with van der Waals surface area (Å²) < 4.78 is 0. The molecule has 0 saturated carbocycles. The maximum absolute atomic E-state index is 3.57. The molecule has 0 aliphatic rings. The Hall–Kier alpha value is -0.780. The summed E-state index contributed by atoms with van der Waals surface area (Å²) in [7, 11) is 0. The standard InChI is InChI=1S/C15H22/c1-4-7-13-10-11-14(8-5-2)15(12-13)9-6-3/h10H,4-9H2,1-3H3. The minimum Gasteiger partial charge on any atom is -0.0651 e. The summed E-state index contributed by atoms with van der Waals surface area (Å²) >= 11 is 0. The number of hydrogen-bond acceptors (Lipinski definition) is 0. The average molecular weight is 202 g/mol. The van der Waals surface area contributed by atoms with Crippen molar-refractivity contribution in [2.45, 2.75) is 59.3 Å². The molecule has 15 heavy (non-hydrogen) atoms. The molecule has 0 spiro atoms. The first kappa shape index (κ1) is 12.3. The van der Waals surface area contributed by atoms with Crippen LogP contribution in [-0.2, 0) is 19.3 Å². The van der Waals surface area contributed by atoms with Crippen LogP contribution in [0.1, 0.15) is 56.7 Å². The number of benzene rings is 1. The van der Waals surface area contributed by atoms with Crippen molar-refractivity contribution in [2.24, 2.45) is 0 Å². The molecule has 0 aliphatic heterocycles. The highest BCUT2D eigenvalue weighted by Gasteiger charge is 2.03. The Morgan fingerprint density at radius 3 is 2.07 bits per heavy atom. The predicted molar refractivity (Wildman–Crippen MR) is 66.1 cm³/mol. The Morgan fingerprint density at radius 2 is 1.47 bits per heavy atom. The fraction of sp³-hybridized carbons (Fsp3) is 0.600. The van der Waals surface area contributed by atoms with Gasteiger partial charge in [-0.25, -0.2) is 0 Å². The third kappa shape index (κ3) is 3.70. The summed E-state index contributed by atoms with van der Waals surface area (Å²) in [5.41, 5.74) is 4.13. The van der Waals surface area contributed by atoms with Crippen LogP contribution < -0.4 is 0 Å². The Bertz CT molecular complexity index is 286. The SMILES string of the molecule is CCCc1[c]c(CCC)c(CCC)[c]c1. The topological polar surface area (TPSA) is 0 Å². The van der Waals surface area contributed by atoms with Gasteiger partial charge < -0.3 is 0 Å². The van der Waals surface area contributed by atoms with Crippen LogP contribution in [0.15, 0.2) is 6.07 Å². The maximum atomic E-state index is 3.57. The van der Waals surface area contributed by atoms with E-state index in [-0.39, 0.29) is 0 Å². The highest BCUT2D eigenvalue weighted by atomic mass is 14.1. The van der Waals surface area contributed by atoms with Gasteiger partial charge in [0.2, 0.25) is 0 Å². The summed E-state index contributed by atoms with van der Waals surface area (Å²) in [4.78, 5) is 0. The van der Waals surface area contributed by atoms with Crippen molar-refractivity contribution in [1.82, 2.24) is 0 Å². The molecule has 0 heterocycles. The van der Waals surface area contributed by atoms with Crippen molar-refractivity contribution in [2.75, 3.05) is 0 Å². The molecule has 0 amide bonds. The molecule has 0 bridgehead atoms. The second-order valence-corrected chi connectivity index (χ2v) is 4.15. The molecule has 0 fully saturated rings. The molecule has 0 aliphatic carbocycles. The fourth-order valence-electron chi connectivity index (χ4n) is 1.91. The molecule has 1 rings (SSSR count). The fourth-order valence-corrected chi connectivity index (χ4v) is 1.91. The molecular weight excluding hydrogens is 180 g/mol. The Kier molecular flexibility index (Phi) is 5.45. The van der Waals surface area contributed by atoms with E-state index in [0.29, 0.717) is 0 Å². The third-order valence-corrected chi connectivity index (χ3v) is 2.62. The lowest BCUT2D eigenvalue weighted by Crippen LogP contribution is -1.97. The zero-order valence-electron chi connectivity index (χ0n) is 10.3. The van der Waals surface area contributed by atoms with E-state index in [1.54, 1.807) is 0 Å². The van der Waals surface area contributed by atoms with Gasteiger partial charge in [0.15, 0.2) is 0 Å². The number of rotatable bonds is 6. The van der Waals surface area contributed by atoms with Gasteiger partial charge in [0, 0.05) is 0 Å². The first-order chi connectivity index (χ1) is 7.31. The summed E-state index contributed by atoms with van der Waals surface area (Å²) in [6.45, 7) is 6.67. The van der Waals surface area contributed by atoms with E-state index in [4.69, 9.17) is 0 Å². The number of aryl methyl sites for hydroxylation is 3. The lowest BCUT2D eigenvalue weighted by molar-refractivity contribution is 0.846. The van der Waals surface area contributed by atoms with Crippen LogP contribution in [0.2, 0.25) is 0 Å². The van der Waals surface area contributed by atoms with E-state index in [1.165, 1.54) is 36.0 Å². The van der Waals surface area contributed by atoms with Crippen LogP contribution in [0.5, 0.6) is 0 Å². The monoisotopic (exact) mass is 202 g/mol.